The van der Waals surface area contributed by atoms with Gasteiger partial charge in [-0.3, -0.25) is 9.59 Å². The quantitative estimate of drug-likeness (QED) is 0.141. The van der Waals surface area contributed by atoms with E-state index in [1.165, 1.54) is 44.5 Å². The molecule has 0 spiro atoms. The van der Waals surface area contributed by atoms with Crippen LogP contribution in [0.4, 0.5) is 9.59 Å². The fourth-order valence-electron chi connectivity index (χ4n) is 8.70. The second-order valence-corrected chi connectivity index (χ2v) is 14.7. The van der Waals surface area contributed by atoms with Crippen LogP contribution in [-0.2, 0) is 19.1 Å². The predicted molar refractivity (Wildman–Crippen MR) is 203 cm³/mol. The molecule has 0 unspecified atom stereocenters. The molecule has 4 N–H and O–H groups in total. The van der Waals surface area contributed by atoms with Crippen LogP contribution < -0.4 is 10.6 Å². The normalized spacial score (nSPS) is 21.2. The molecular weight excluding hydrogens is 684 g/mol. The summed E-state index contributed by atoms with van der Waals surface area (Å²) < 4.78 is 11.1. The minimum absolute atomic E-state index is 0.0290. The maximum Gasteiger partial charge on any atom is 0.407 e. The van der Waals surface area contributed by atoms with E-state index in [2.05, 4.69) is 59.2 Å². The molecule has 8 rings (SSSR count). The van der Waals surface area contributed by atoms with Crippen LogP contribution in [0.2, 0.25) is 0 Å². The molecule has 10 nitrogen and oxygen atoms in total. The smallest absolute Gasteiger partial charge is 0.407 e. The average Bonchev–Trinajstić information content (AvgIpc) is 3.69. The van der Waals surface area contributed by atoms with E-state index in [1.807, 2.05) is 48.5 Å². The molecule has 0 saturated heterocycles. The van der Waals surface area contributed by atoms with Gasteiger partial charge in [-0.1, -0.05) is 110 Å². The number of nitrogens with one attached hydrogen (secondary N) is 2. The van der Waals surface area contributed by atoms with E-state index in [9.17, 15) is 29.4 Å². The molecule has 0 aromatic heterocycles. The summed E-state index contributed by atoms with van der Waals surface area (Å²) in [7, 11) is 0. The molecule has 280 valence electrons. The molecule has 2 amide bonds. The lowest BCUT2D eigenvalue weighted by molar-refractivity contribution is -0.144. The summed E-state index contributed by atoms with van der Waals surface area (Å²) in [4.78, 5) is 46.9. The highest BCUT2D eigenvalue weighted by molar-refractivity contribution is 5.80. The first-order chi connectivity index (χ1) is 26.3. The molecule has 2 saturated carbocycles. The Kier molecular flexibility index (Phi) is 11.3. The number of carbonyl (C=O) groups excluding carboxylic acids is 2. The van der Waals surface area contributed by atoms with Gasteiger partial charge in [0.05, 0.1) is 11.8 Å². The van der Waals surface area contributed by atoms with E-state index in [0.717, 1.165) is 25.7 Å². The van der Waals surface area contributed by atoms with Crippen molar-refractivity contribution in [1.29, 1.82) is 0 Å². The first-order valence-electron chi connectivity index (χ1n) is 19.0. The minimum Gasteiger partial charge on any atom is -0.481 e. The Labute approximate surface area is 314 Å². The molecule has 0 bridgehead atoms. The maximum absolute atomic E-state index is 12.3. The Morgan fingerprint density at radius 3 is 1.13 bits per heavy atom. The average molecular weight is 731 g/mol. The van der Waals surface area contributed by atoms with Crippen LogP contribution in [0.25, 0.3) is 22.3 Å². The predicted octanol–water partition coefficient (Wildman–Crippen LogP) is 8.34. The van der Waals surface area contributed by atoms with Gasteiger partial charge in [-0.15, -0.1) is 0 Å². The van der Waals surface area contributed by atoms with Gasteiger partial charge in [0, 0.05) is 23.9 Å². The van der Waals surface area contributed by atoms with Gasteiger partial charge in [0.15, 0.2) is 0 Å². The second kappa shape index (κ2) is 16.6. The summed E-state index contributed by atoms with van der Waals surface area (Å²) in [6.45, 7) is 0.546. The Hall–Kier alpha value is -5.64. The van der Waals surface area contributed by atoms with Crippen molar-refractivity contribution in [3.8, 4) is 22.3 Å². The topological polar surface area (TPSA) is 151 Å². The largest absolute Gasteiger partial charge is 0.481 e. The van der Waals surface area contributed by atoms with Crippen molar-refractivity contribution in [2.75, 3.05) is 13.2 Å². The Balaban J connectivity index is 0.000000167. The number of ether oxygens (including phenoxy) is 2. The zero-order valence-corrected chi connectivity index (χ0v) is 30.1. The number of carboxylic acids is 2. The van der Waals surface area contributed by atoms with E-state index in [4.69, 9.17) is 9.47 Å². The third-order valence-corrected chi connectivity index (χ3v) is 11.4. The molecule has 4 aromatic rings. The lowest BCUT2D eigenvalue weighted by atomic mass is 9.86. The van der Waals surface area contributed by atoms with Gasteiger partial charge in [0.25, 0.3) is 0 Å². The number of rotatable bonds is 8. The van der Waals surface area contributed by atoms with Crippen molar-refractivity contribution in [2.45, 2.75) is 75.3 Å². The summed E-state index contributed by atoms with van der Waals surface area (Å²) in [5.41, 5.74) is 9.48. The number of hydrogen-bond donors (Lipinski definition) is 4. The summed E-state index contributed by atoms with van der Waals surface area (Å²) in [5.74, 6) is -2.26. The molecule has 0 radical (unpaired) electrons. The molecule has 4 aromatic carbocycles. The van der Waals surface area contributed by atoms with Gasteiger partial charge in [-0.2, -0.15) is 0 Å². The third kappa shape index (κ3) is 8.12. The van der Waals surface area contributed by atoms with Crippen molar-refractivity contribution in [2.24, 2.45) is 11.8 Å². The molecule has 0 heterocycles. The molecule has 54 heavy (non-hydrogen) atoms. The van der Waals surface area contributed by atoms with Crippen LogP contribution in [0.1, 0.15) is 85.5 Å². The zero-order valence-electron chi connectivity index (χ0n) is 30.1. The molecule has 10 heteroatoms. The number of fused-ring (bicyclic) bond motifs is 6. The number of amides is 2. The first-order valence-corrected chi connectivity index (χ1v) is 19.0. The minimum atomic E-state index is -0.783. The van der Waals surface area contributed by atoms with E-state index < -0.39 is 24.1 Å². The van der Waals surface area contributed by atoms with Gasteiger partial charge in [0.1, 0.15) is 13.2 Å². The molecule has 4 aliphatic rings. The van der Waals surface area contributed by atoms with Crippen molar-refractivity contribution >= 4 is 24.1 Å². The van der Waals surface area contributed by atoms with Gasteiger partial charge in [0.2, 0.25) is 0 Å². The van der Waals surface area contributed by atoms with Gasteiger partial charge in [-0.05, 0) is 83.0 Å². The number of benzene rings is 4. The summed E-state index contributed by atoms with van der Waals surface area (Å²) in [5, 5.41) is 24.1. The summed E-state index contributed by atoms with van der Waals surface area (Å²) in [6, 6.07) is 32.6. The standard InChI is InChI=1S/2C22H23NO4/c2*24-21(25)14-6-5-7-15(12-14)23-22(26)27-13-20-18-10-3-1-8-16(18)17-9-2-4-11-19(17)20/h2*1-4,8-11,14-15,20H,5-7,12-13H2,(H,23,26)(H,24,25)/t2*14-,15-/m10/s1. The monoisotopic (exact) mass is 730 g/mol. The second-order valence-electron chi connectivity index (χ2n) is 14.7. The highest BCUT2D eigenvalue weighted by Gasteiger charge is 2.33. The molecule has 0 aliphatic heterocycles. The van der Waals surface area contributed by atoms with Gasteiger partial charge in [-0.25, -0.2) is 9.59 Å². The maximum atomic E-state index is 12.3. The summed E-state index contributed by atoms with van der Waals surface area (Å²) >= 11 is 0. The first kappa shape index (κ1) is 36.7. The molecule has 4 atom stereocenters. The van der Waals surface area contributed by atoms with Crippen molar-refractivity contribution in [3.05, 3.63) is 119 Å². The number of carboxylic acid groups (broad SMARTS) is 2. The molecular formula is C44H46N2O8. The number of hydrogen-bond acceptors (Lipinski definition) is 6. The fraction of sp³-hybridized carbons (Fsp3) is 0.364. The van der Waals surface area contributed by atoms with Crippen molar-refractivity contribution < 1.29 is 38.9 Å². The van der Waals surface area contributed by atoms with Gasteiger partial charge < -0.3 is 30.3 Å². The van der Waals surface area contributed by atoms with Crippen LogP contribution in [-0.4, -0.2) is 59.6 Å². The Morgan fingerprint density at radius 2 is 0.815 bits per heavy atom. The van der Waals surface area contributed by atoms with Crippen LogP contribution in [0.5, 0.6) is 0 Å². The summed E-state index contributed by atoms with van der Waals surface area (Å²) in [6.07, 6.45) is 4.59. The number of carbonyl (C=O) groups is 4. The van der Waals surface area contributed by atoms with Crippen LogP contribution >= 0.6 is 0 Å². The van der Waals surface area contributed by atoms with E-state index in [0.29, 0.717) is 25.7 Å². The van der Waals surface area contributed by atoms with E-state index in [-0.39, 0.29) is 49.0 Å². The van der Waals surface area contributed by atoms with Gasteiger partial charge >= 0.3 is 24.1 Å². The Bertz CT molecular complexity index is 1780. The van der Waals surface area contributed by atoms with Crippen LogP contribution in [0, 0.1) is 11.8 Å². The number of aliphatic carboxylic acids is 2. The fourth-order valence-corrected chi connectivity index (χ4v) is 8.70. The van der Waals surface area contributed by atoms with Crippen LogP contribution in [0.3, 0.4) is 0 Å². The highest BCUT2D eigenvalue weighted by Crippen LogP contribution is 2.45. The van der Waals surface area contributed by atoms with E-state index in [1.54, 1.807) is 0 Å². The van der Waals surface area contributed by atoms with Crippen molar-refractivity contribution in [3.63, 3.8) is 0 Å². The Morgan fingerprint density at radius 1 is 0.500 bits per heavy atom. The zero-order chi connectivity index (χ0) is 37.6. The lowest BCUT2D eigenvalue weighted by Crippen LogP contribution is -2.40. The molecule has 2 fully saturated rings. The van der Waals surface area contributed by atoms with Crippen molar-refractivity contribution in [1.82, 2.24) is 10.6 Å². The highest BCUT2D eigenvalue weighted by atomic mass is 16.6. The lowest BCUT2D eigenvalue weighted by Gasteiger charge is -2.27. The number of alkyl carbamates (subject to hydrolysis) is 2. The molecule has 4 aliphatic carbocycles. The van der Waals surface area contributed by atoms with Crippen LogP contribution in [0.15, 0.2) is 97.1 Å². The van der Waals surface area contributed by atoms with E-state index >= 15 is 0 Å². The SMILES string of the molecule is O=C(N[C@@H]1CCC[C@@H](C(=O)O)C1)OCC1c2ccccc2-c2ccccc21.O=C(N[C@H]1CCC[C@H](C(=O)O)C1)OCC1c2ccccc2-c2ccccc21. The third-order valence-electron chi connectivity index (χ3n) is 11.4.